The number of nitro groups is 1. The van der Waals surface area contributed by atoms with Gasteiger partial charge in [-0.2, -0.15) is 0 Å². The first kappa shape index (κ1) is 19.6. The van der Waals surface area contributed by atoms with Crippen molar-refractivity contribution >= 4 is 23.6 Å². The quantitative estimate of drug-likeness (QED) is 0.220. The van der Waals surface area contributed by atoms with Crippen molar-refractivity contribution in [1.82, 2.24) is 0 Å². The number of aliphatic imine (C=N–C) groups is 1. The number of hydrogen-bond acceptors (Lipinski definition) is 7. The van der Waals surface area contributed by atoms with Crippen LogP contribution in [0.25, 0.3) is 0 Å². The number of carbonyl (C=O) groups excluding carboxylic acids is 1. The summed E-state index contributed by atoms with van der Waals surface area (Å²) in [7, 11) is 1.50. The maximum Gasteiger partial charge on any atom is 0.343 e. The number of ether oxygens (including phenoxy) is 2. The van der Waals surface area contributed by atoms with Crippen LogP contribution in [0.2, 0.25) is 0 Å². The second kappa shape index (κ2) is 8.66. The Morgan fingerprint density at radius 1 is 1.10 bits per heavy atom. The zero-order valence-electron chi connectivity index (χ0n) is 15.3. The molecule has 3 aromatic rings. The van der Waals surface area contributed by atoms with Gasteiger partial charge < -0.3 is 14.6 Å². The number of aromatic hydroxyl groups is 1. The Morgan fingerprint density at radius 3 is 2.48 bits per heavy atom. The molecule has 8 nitrogen and oxygen atoms in total. The molecule has 0 amide bonds. The monoisotopic (exact) mass is 392 g/mol. The van der Waals surface area contributed by atoms with Crippen LogP contribution in [0.5, 0.6) is 17.2 Å². The molecule has 0 saturated carbocycles. The second-order valence-electron chi connectivity index (χ2n) is 5.85. The summed E-state index contributed by atoms with van der Waals surface area (Å²) in [6, 6.07) is 16.7. The Bertz CT molecular complexity index is 1080. The fraction of sp³-hybridized carbons (Fsp3) is 0.0476. The molecule has 0 bridgehead atoms. The molecule has 0 aromatic heterocycles. The van der Waals surface area contributed by atoms with E-state index in [9.17, 15) is 20.0 Å². The summed E-state index contributed by atoms with van der Waals surface area (Å²) < 4.78 is 10.2. The van der Waals surface area contributed by atoms with E-state index in [4.69, 9.17) is 9.47 Å². The molecule has 3 rings (SSSR count). The summed E-state index contributed by atoms with van der Waals surface area (Å²) in [5.74, 6) is -0.356. The molecule has 8 heteroatoms. The highest BCUT2D eigenvalue weighted by Crippen LogP contribution is 2.29. The highest BCUT2D eigenvalue weighted by atomic mass is 16.6. The number of methoxy groups -OCH3 is 1. The van der Waals surface area contributed by atoms with Gasteiger partial charge in [0.25, 0.3) is 0 Å². The van der Waals surface area contributed by atoms with Gasteiger partial charge in [-0.1, -0.05) is 12.1 Å². The molecular formula is C21H16N2O6. The summed E-state index contributed by atoms with van der Waals surface area (Å²) in [5, 5.41) is 21.1. The van der Waals surface area contributed by atoms with Gasteiger partial charge in [0, 0.05) is 12.3 Å². The van der Waals surface area contributed by atoms with Crippen molar-refractivity contribution in [2.24, 2.45) is 4.99 Å². The smallest absolute Gasteiger partial charge is 0.343 e. The van der Waals surface area contributed by atoms with Crippen molar-refractivity contribution in [3.63, 3.8) is 0 Å². The summed E-state index contributed by atoms with van der Waals surface area (Å²) in [6.45, 7) is 0. The van der Waals surface area contributed by atoms with Crippen molar-refractivity contribution < 1.29 is 24.3 Å². The lowest BCUT2D eigenvalue weighted by Gasteiger charge is -2.06. The SMILES string of the molecule is COc1ccc(C(=O)Oc2ccc(C=Nc3ccccc3O)cc2[N+](=O)[O-])cc1. The predicted molar refractivity (Wildman–Crippen MR) is 106 cm³/mol. The van der Waals surface area contributed by atoms with Gasteiger partial charge in [-0.3, -0.25) is 15.1 Å². The van der Waals surface area contributed by atoms with Crippen molar-refractivity contribution in [3.05, 3.63) is 88.0 Å². The average Bonchev–Trinajstić information content (AvgIpc) is 2.73. The third kappa shape index (κ3) is 4.75. The minimum absolute atomic E-state index is 0.0108. The molecule has 0 aliphatic heterocycles. The number of benzene rings is 3. The fourth-order valence-electron chi connectivity index (χ4n) is 2.45. The number of esters is 1. The van der Waals surface area contributed by atoms with Crippen LogP contribution >= 0.6 is 0 Å². The molecule has 1 N–H and O–H groups in total. The van der Waals surface area contributed by atoms with E-state index >= 15 is 0 Å². The molecule has 0 aliphatic rings. The van der Waals surface area contributed by atoms with E-state index in [-0.39, 0.29) is 22.7 Å². The molecule has 0 saturated heterocycles. The number of rotatable bonds is 6. The van der Waals surface area contributed by atoms with Crippen LogP contribution in [0.1, 0.15) is 15.9 Å². The van der Waals surface area contributed by atoms with Crippen molar-refractivity contribution in [2.75, 3.05) is 7.11 Å². The molecule has 0 radical (unpaired) electrons. The molecule has 29 heavy (non-hydrogen) atoms. The first-order valence-corrected chi connectivity index (χ1v) is 8.44. The Hall–Kier alpha value is -4.20. The van der Waals surface area contributed by atoms with E-state index < -0.39 is 10.9 Å². The van der Waals surface area contributed by atoms with Gasteiger partial charge in [0.1, 0.15) is 17.2 Å². The standard InChI is InChI=1S/C21H16N2O6/c1-28-16-9-7-15(8-10-16)21(25)29-20-11-6-14(12-18(20)23(26)27)13-22-17-4-2-3-5-19(17)24/h2-13,24H,1H3. The third-order valence-corrected chi connectivity index (χ3v) is 3.94. The third-order valence-electron chi connectivity index (χ3n) is 3.94. The number of phenols is 1. The number of nitro benzene ring substituents is 1. The minimum atomic E-state index is -0.730. The second-order valence-corrected chi connectivity index (χ2v) is 5.85. The molecule has 0 atom stereocenters. The largest absolute Gasteiger partial charge is 0.506 e. The van der Waals surface area contributed by atoms with Crippen LogP contribution < -0.4 is 9.47 Å². The Kier molecular flexibility index (Phi) is 5.84. The van der Waals surface area contributed by atoms with Crippen LogP contribution in [0.3, 0.4) is 0 Å². The molecular weight excluding hydrogens is 376 g/mol. The summed E-state index contributed by atoms with van der Waals surface area (Å²) in [6.07, 6.45) is 1.37. The normalized spacial score (nSPS) is 10.7. The van der Waals surface area contributed by atoms with Gasteiger partial charge in [0.2, 0.25) is 5.75 Å². The van der Waals surface area contributed by atoms with E-state index in [1.54, 1.807) is 30.3 Å². The van der Waals surface area contributed by atoms with Crippen molar-refractivity contribution in [3.8, 4) is 17.2 Å². The molecule has 0 unspecified atom stereocenters. The predicted octanol–water partition coefficient (Wildman–Crippen LogP) is 4.28. The van der Waals surface area contributed by atoms with Crippen LogP contribution in [0.4, 0.5) is 11.4 Å². The van der Waals surface area contributed by atoms with E-state index in [2.05, 4.69) is 4.99 Å². The first-order valence-electron chi connectivity index (χ1n) is 8.44. The highest BCUT2D eigenvalue weighted by Gasteiger charge is 2.19. The maximum atomic E-state index is 12.3. The number of para-hydroxylation sites is 2. The lowest BCUT2D eigenvalue weighted by Crippen LogP contribution is -2.10. The number of nitrogens with zero attached hydrogens (tertiary/aromatic N) is 2. The number of carbonyl (C=O) groups is 1. The van der Waals surface area contributed by atoms with Gasteiger partial charge in [-0.25, -0.2) is 4.79 Å². The maximum absolute atomic E-state index is 12.3. The number of hydrogen-bond donors (Lipinski definition) is 1. The topological polar surface area (TPSA) is 111 Å². The molecule has 0 aliphatic carbocycles. The Balaban J connectivity index is 1.83. The molecule has 0 fully saturated rings. The van der Waals surface area contributed by atoms with Crippen molar-refractivity contribution in [2.45, 2.75) is 0 Å². The number of phenolic OH excluding ortho intramolecular Hbond substituents is 1. The van der Waals surface area contributed by atoms with Gasteiger partial charge in [0.05, 0.1) is 17.6 Å². The lowest BCUT2D eigenvalue weighted by molar-refractivity contribution is -0.385. The molecule has 0 heterocycles. The highest BCUT2D eigenvalue weighted by molar-refractivity contribution is 5.92. The molecule has 0 spiro atoms. The van der Waals surface area contributed by atoms with E-state index in [1.165, 1.54) is 49.7 Å². The summed E-state index contributed by atoms with van der Waals surface area (Å²) in [4.78, 5) is 27.2. The first-order chi connectivity index (χ1) is 14.0. The van der Waals surface area contributed by atoms with Gasteiger partial charge in [-0.15, -0.1) is 0 Å². The van der Waals surface area contributed by atoms with Crippen LogP contribution in [0.15, 0.2) is 71.7 Å². The van der Waals surface area contributed by atoms with E-state index in [0.29, 0.717) is 17.0 Å². The minimum Gasteiger partial charge on any atom is -0.506 e. The lowest BCUT2D eigenvalue weighted by atomic mass is 10.2. The molecule has 3 aromatic carbocycles. The van der Waals surface area contributed by atoms with E-state index in [0.717, 1.165) is 0 Å². The summed E-state index contributed by atoms with van der Waals surface area (Å²) >= 11 is 0. The zero-order chi connectivity index (χ0) is 20.8. The Labute approximate surface area is 165 Å². The van der Waals surface area contributed by atoms with Gasteiger partial charge in [-0.05, 0) is 54.1 Å². The van der Waals surface area contributed by atoms with Gasteiger partial charge in [0.15, 0.2) is 0 Å². The summed E-state index contributed by atoms with van der Waals surface area (Å²) in [5.41, 5.74) is 0.577. The van der Waals surface area contributed by atoms with Crippen LogP contribution in [-0.4, -0.2) is 29.3 Å². The van der Waals surface area contributed by atoms with E-state index in [1.807, 2.05) is 0 Å². The van der Waals surface area contributed by atoms with Gasteiger partial charge >= 0.3 is 11.7 Å². The van der Waals surface area contributed by atoms with Crippen LogP contribution in [-0.2, 0) is 0 Å². The Morgan fingerprint density at radius 2 is 1.83 bits per heavy atom. The zero-order valence-corrected chi connectivity index (χ0v) is 15.3. The fourth-order valence-corrected chi connectivity index (χ4v) is 2.45. The van der Waals surface area contributed by atoms with Crippen LogP contribution in [0, 0.1) is 10.1 Å². The average molecular weight is 392 g/mol. The molecule has 146 valence electrons. The van der Waals surface area contributed by atoms with Crippen molar-refractivity contribution in [1.29, 1.82) is 0 Å².